The molecule has 0 aromatic carbocycles. The van der Waals surface area contributed by atoms with Gasteiger partial charge in [0, 0.05) is 11.7 Å². The first kappa shape index (κ1) is 13.1. The van der Waals surface area contributed by atoms with Crippen LogP contribution in [0, 0.1) is 0 Å². The average molecular weight is 247 g/mol. The number of ketones is 1. The van der Waals surface area contributed by atoms with Gasteiger partial charge >= 0.3 is 0 Å². The predicted molar refractivity (Wildman–Crippen MR) is 72.4 cm³/mol. The van der Waals surface area contributed by atoms with Crippen molar-refractivity contribution < 1.29 is 4.79 Å². The molecule has 1 aliphatic carbocycles. The highest BCUT2D eigenvalue weighted by Gasteiger charge is 2.21. The summed E-state index contributed by atoms with van der Waals surface area (Å²) in [6.07, 6.45) is 5.17. The van der Waals surface area contributed by atoms with Crippen molar-refractivity contribution in [2.45, 2.75) is 58.9 Å². The molecule has 18 heavy (non-hydrogen) atoms. The SMILES string of the molecule is CCC(C)n1c2c(cc(C(C)=O)c1=O)CCCC2. The number of hydrogen-bond donors (Lipinski definition) is 0. The fourth-order valence-corrected chi connectivity index (χ4v) is 2.73. The van der Waals surface area contributed by atoms with Crippen molar-refractivity contribution >= 4 is 5.78 Å². The largest absolute Gasteiger partial charge is 0.309 e. The van der Waals surface area contributed by atoms with E-state index in [2.05, 4.69) is 13.8 Å². The summed E-state index contributed by atoms with van der Waals surface area (Å²) in [5, 5.41) is 0. The van der Waals surface area contributed by atoms with Crippen LogP contribution >= 0.6 is 0 Å². The number of Topliss-reactive ketones (excluding diaryl/α,β-unsaturated/α-hetero) is 1. The minimum absolute atomic E-state index is 0.0995. The summed E-state index contributed by atoms with van der Waals surface area (Å²) in [4.78, 5) is 24.0. The van der Waals surface area contributed by atoms with Crippen molar-refractivity contribution in [2.24, 2.45) is 0 Å². The molecule has 0 radical (unpaired) electrons. The molecule has 98 valence electrons. The van der Waals surface area contributed by atoms with Gasteiger partial charge in [0.1, 0.15) is 0 Å². The van der Waals surface area contributed by atoms with Gasteiger partial charge in [-0.15, -0.1) is 0 Å². The summed E-state index contributed by atoms with van der Waals surface area (Å²) in [6.45, 7) is 5.61. The van der Waals surface area contributed by atoms with Gasteiger partial charge in [-0.25, -0.2) is 0 Å². The topological polar surface area (TPSA) is 39.1 Å². The quantitative estimate of drug-likeness (QED) is 0.770. The van der Waals surface area contributed by atoms with Crippen LogP contribution in [-0.2, 0) is 12.8 Å². The lowest BCUT2D eigenvalue weighted by molar-refractivity contribution is 0.101. The number of aromatic nitrogens is 1. The molecule has 0 spiro atoms. The number of fused-ring (bicyclic) bond motifs is 1. The summed E-state index contributed by atoms with van der Waals surface area (Å²) in [5.41, 5.74) is 2.62. The van der Waals surface area contributed by atoms with Gasteiger partial charge in [-0.05, 0) is 57.6 Å². The first-order valence-corrected chi connectivity index (χ1v) is 6.84. The number of rotatable bonds is 3. The second-order valence-corrected chi connectivity index (χ2v) is 5.23. The van der Waals surface area contributed by atoms with Crippen LogP contribution in [-0.4, -0.2) is 10.4 Å². The summed E-state index contributed by atoms with van der Waals surface area (Å²) >= 11 is 0. The summed E-state index contributed by atoms with van der Waals surface area (Å²) in [6, 6.07) is 2.00. The minimum atomic E-state index is -0.120. The lowest BCUT2D eigenvalue weighted by atomic mass is 9.93. The van der Waals surface area contributed by atoms with Crippen molar-refractivity contribution in [1.29, 1.82) is 0 Å². The van der Waals surface area contributed by atoms with Crippen molar-refractivity contribution in [1.82, 2.24) is 4.57 Å². The molecule has 0 aliphatic heterocycles. The van der Waals surface area contributed by atoms with Gasteiger partial charge in [-0.1, -0.05) is 6.92 Å². The highest BCUT2D eigenvalue weighted by molar-refractivity contribution is 5.93. The summed E-state index contributed by atoms with van der Waals surface area (Å²) < 4.78 is 1.87. The van der Waals surface area contributed by atoms with Gasteiger partial charge in [0.2, 0.25) is 0 Å². The molecule has 0 fully saturated rings. The fourth-order valence-electron chi connectivity index (χ4n) is 2.73. The van der Waals surface area contributed by atoms with Crippen LogP contribution in [0.3, 0.4) is 0 Å². The molecule has 1 heterocycles. The Kier molecular flexibility index (Phi) is 3.69. The van der Waals surface area contributed by atoms with Gasteiger partial charge in [0.15, 0.2) is 5.78 Å². The van der Waals surface area contributed by atoms with Gasteiger partial charge in [0.25, 0.3) is 5.56 Å². The molecule has 0 N–H and O–H groups in total. The molecule has 3 heteroatoms. The van der Waals surface area contributed by atoms with Crippen LogP contribution < -0.4 is 5.56 Å². The van der Waals surface area contributed by atoms with E-state index < -0.39 is 0 Å². The standard InChI is InChI=1S/C15H21NO2/c1-4-10(2)16-14-8-6-5-7-12(14)9-13(11(3)17)15(16)18/h9-10H,4-8H2,1-3H3. The Hall–Kier alpha value is -1.38. The maximum absolute atomic E-state index is 12.4. The molecule has 1 atom stereocenters. The number of nitrogens with zero attached hydrogens (tertiary/aromatic N) is 1. The van der Waals surface area contributed by atoms with Crippen LogP contribution in [0.25, 0.3) is 0 Å². The van der Waals surface area contributed by atoms with Gasteiger partial charge in [0.05, 0.1) is 5.56 Å². The Balaban J connectivity index is 2.70. The maximum atomic E-state index is 12.4. The summed E-state index contributed by atoms with van der Waals surface area (Å²) in [5.74, 6) is -0.120. The van der Waals surface area contributed by atoms with Crippen LogP contribution in [0.4, 0.5) is 0 Å². The fraction of sp³-hybridized carbons (Fsp3) is 0.600. The molecule has 1 aliphatic rings. The predicted octanol–water partition coefficient (Wildman–Crippen LogP) is 2.90. The molecule has 3 nitrogen and oxygen atoms in total. The van der Waals surface area contributed by atoms with Crippen LogP contribution in [0.5, 0.6) is 0 Å². The second kappa shape index (κ2) is 5.09. The molecule has 0 saturated heterocycles. The van der Waals surface area contributed by atoms with Crippen molar-refractivity contribution in [3.05, 3.63) is 33.2 Å². The Morgan fingerprint density at radius 3 is 2.67 bits per heavy atom. The number of carbonyl (C=O) groups excluding carboxylic acids is 1. The highest BCUT2D eigenvalue weighted by atomic mass is 16.1. The van der Waals surface area contributed by atoms with Crippen LogP contribution in [0.2, 0.25) is 0 Å². The first-order chi connectivity index (χ1) is 8.56. The Morgan fingerprint density at radius 1 is 1.39 bits per heavy atom. The van der Waals surface area contributed by atoms with Gasteiger partial charge in [-0.3, -0.25) is 9.59 Å². The Labute approximate surface area is 108 Å². The van der Waals surface area contributed by atoms with E-state index in [0.717, 1.165) is 37.8 Å². The normalized spacial score (nSPS) is 16.2. The zero-order valence-corrected chi connectivity index (χ0v) is 11.5. The Bertz CT molecular complexity index is 528. The van der Waals surface area contributed by atoms with E-state index >= 15 is 0 Å². The van der Waals surface area contributed by atoms with E-state index in [9.17, 15) is 9.59 Å². The molecular weight excluding hydrogens is 226 g/mol. The smallest absolute Gasteiger partial charge is 0.261 e. The van der Waals surface area contributed by atoms with E-state index in [-0.39, 0.29) is 17.4 Å². The Morgan fingerprint density at radius 2 is 2.06 bits per heavy atom. The first-order valence-electron chi connectivity index (χ1n) is 6.84. The van der Waals surface area contributed by atoms with E-state index in [0.29, 0.717) is 5.56 Å². The lowest BCUT2D eigenvalue weighted by Crippen LogP contribution is -2.32. The second-order valence-electron chi connectivity index (χ2n) is 5.23. The molecule has 1 unspecified atom stereocenters. The summed E-state index contributed by atoms with van der Waals surface area (Å²) in [7, 11) is 0. The maximum Gasteiger partial charge on any atom is 0.261 e. The van der Waals surface area contributed by atoms with Crippen molar-refractivity contribution in [2.75, 3.05) is 0 Å². The van der Waals surface area contributed by atoms with Gasteiger partial charge in [-0.2, -0.15) is 0 Å². The van der Waals surface area contributed by atoms with Crippen LogP contribution in [0.1, 0.15) is 67.7 Å². The van der Waals surface area contributed by atoms with E-state index in [1.54, 1.807) is 0 Å². The van der Waals surface area contributed by atoms with E-state index in [4.69, 9.17) is 0 Å². The number of pyridine rings is 1. The molecule has 0 amide bonds. The molecular formula is C15H21NO2. The van der Waals surface area contributed by atoms with Crippen LogP contribution in [0.15, 0.2) is 10.9 Å². The van der Waals surface area contributed by atoms with Crippen molar-refractivity contribution in [3.8, 4) is 0 Å². The molecule has 0 saturated carbocycles. The third-order valence-electron chi connectivity index (χ3n) is 3.95. The molecule has 1 aromatic heterocycles. The zero-order valence-electron chi connectivity index (χ0n) is 11.5. The molecule has 0 bridgehead atoms. The monoisotopic (exact) mass is 247 g/mol. The zero-order chi connectivity index (χ0) is 13.3. The average Bonchev–Trinajstić information content (AvgIpc) is 2.37. The number of hydrogen-bond acceptors (Lipinski definition) is 2. The molecule has 1 aromatic rings. The minimum Gasteiger partial charge on any atom is -0.309 e. The number of aryl methyl sites for hydroxylation is 1. The van der Waals surface area contributed by atoms with Gasteiger partial charge < -0.3 is 4.57 Å². The van der Waals surface area contributed by atoms with E-state index in [1.165, 1.54) is 12.5 Å². The van der Waals surface area contributed by atoms with Crippen molar-refractivity contribution in [3.63, 3.8) is 0 Å². The third kappa shape index (κ3) is 2.14. The lowest BCUT2D eigenvalue weighted by Gasteiger charge is -2.25. The highest BCUT2D eigenvalue weighted by Crippen LogP contribution is 2.24. The number of carbonyl (C=O) groups is 1. The van der Waals surface area contributed by atoms with E-state index in [1.807, 2.05) is 10.6 Å². The molecule has 2 rings (SSSR count). The third-order valence-corrected chi connectivity index (χ3v) is 3.95.